The minimum atomic E-state index is 1.08. The summed E-state index contributed by atoms with van der Waals surface area (Å²) in [4.78, 5) is 4.94. The summed E-state index contributed by atoms with van der Waals surface area (Å²) in [5.41, 5.74) is 4.87. The van der Waals surface area contributed by atoms with Crippen molar-refractivity contribution in [3.8, 4) is 0 Å². The van der Waals surface area contributed by atoms with Gasteiger partial charge in [-0.2, -0.15) is 0 Å². The van der Waals surface area contributed by atoms with E-state index in [-0.39, 0.29) is 0 Å². The van der Waals surface area contributed by atoms with E-state index >= 15 is 0 Å². The normalized spacial score (nSPS) is 14.5. The van der Waals surface area contributed by atoms with Crippen LogP contribution in [0.25, 0.3) is 5.57 Å². The van der Waals surface area contributed by atoms with Crippen LogP contribution in [0, 0.1) is 0 Å². The van der Waals surface area contributed by atoms with Gasteiger partial charge >= 0.3 is 0 Å². The Morgan fingerprint density at radius 3 is 2.58 bits per heavy atom. The molecule has 1 N–H and O–H groups in total. The van der Waals surface area contributed by atoms with Gasteiger partial charge in [-0.15, -0.1) is 0 Å². The lowest BCUT2D eigenvalue weighted by Gasteiger charge is -2.08. The fourth-order valence-electron chi connectivity index (χ4n) is 1.09. The molecule has 1 aliphatic rings. The molecule has 0 amide bonds. The maximum absolute atomic E-state index is 4.94. The molecule has 0 aliphatic carbocycles. The summed E-state index contributed by atoms with van der Waals surface area (Å²) in [6, 6.07) is 10.1. The molecule has 0 unspecified atom stereocenters. The second-order valence-electron chi connectivity index (χ2n) is 2.51. The highest BCUT2D eigenvalue weighted by Gasteiger charge is 1.99. The van der Waals surface area contributed by atoms with Gasteiger partial charge in [0.25, 0.3) is 0 Å². The summed E-state index contributed by atoms with van der Waals surface area (Å²) in [7, 11) is 0. The number of hydrogen-bond donors (Lipinski definition) is 1. The van der Waals surface area contributed by atoms with E-state index in [1.165, 1.54) is 0 Å². The van der Waals surface area contributed by atoms with Gasteiger partial charge in [0.2, 0.25) is 0 Å². The van der Waals surface area contributed by atoms with Gasteiger partial charge in [0.1, 0.15) is 6.26 Å². The number of benzene rings is 1. The third kappa shape index (κ3) is 1.32. The fraction of sp³-hybridized carbons (Fsp3) is 0. The summed E-state index contributed by atoms with van der Waals surface area (Å²) in [6.07, 6.45) is 5.43. The van der Waals surface area contributed by atoms with Crippen LogP contribution in [0.3, 0.4) is 0 Å². The second-order valence-corrected chi connectivity index (χ2v) is 2.51. The molecule has 0 spiro atoms. The highest BCUT2D eigenvalue weighted by Crippen LogP contribution is 2.16. The summed E-state index contributed by atoms with van der Waals surface area (Å²) < 4.78 is 0. The van der Waals surface area contributed by atoms with Crippen LogP contribution in [0.1, 0.15) is 5.56 Å². The molecule has 0 radical (unpaired) electrons. The van der Waals surface area contributed by atoms with Crippen molar-refractivity contribution < 1.29 is 4.84 Å². The number of hydroxylamine groups is 1. The molecule has 1 aromatic rings. The van der Waals surface area contributed by atoms with E-state index in [1.807, 2.05) is 36.4 Å². The van der Waals surface area contributed by atoms with Gasteiger partial charge in [0.15, 0.2) is 0 Å². The van der Waals surface area contributed by atoms with Crippen molar-refractivity contribution in [3.63, 3.8) is 0 Å². The Morgan fingerprint density at radius 1 is 1.08 bits per heavy atom. The molecule has 0 saturated carbocycles. The molecule has 1 aromatic carbocycles. The van der Waals surface area contributed by atoms with Crippen molar-refractivity contribution >= 4 is 5.57 Å². The van der Waals surface area contributed by atoms with E-state index in [2.05, 4.69) is 5.48 Å². The van der Waals surface area contributed by atoms with E-state index in [0.717, 1.165) is 11.1 Å². The van der Waals surface area contributed by atoms with E-state index in [1.54, 1.807) is 12.5 Å². The summed E-state index contributed by atoms with van der Waals surface area (Å²) >= 11 is 0. The first kappa shape index (κ1) is 6.98. The van der Waals surface area contributed by atoms with Gasteiger partial charge in [-0.25, -0.2) is 5.48 Å². The zero-order valence-corrected chi connectivity index (χ0v) is 6.53. The SMILES string of the molecule is C1=CC(c2ccccc2)=CON1. The van der Waals surface area contributed by atoms with Crippen LogP contribution in [-0.4, -0.2) is 0 Å². The third-order valence-corrected chi connectivity index (χ3v) is 1.69. The van der Waals surface area contributed by atoms with E-state index in [9.17, 15) is 0 Å². The van der Waals surface area contributed by atoms with E-state index < -0.39 is 0 Å². The molecule has 2 heteroatoms. The lowest BCUT2D eigenvalue weighted by atomic mass is 10.1. The number of nitrogens with one attached hydrogen (secondary N) is 1. The zero-order chi connectivity index (χ0) is 8.23. The standard InChI is InChI=1S/C10H9NO/c1-2-4-9(5-3-1)10-6-7-11-12-8-10/h1-8,11H. The van der Waals surface area contributed by atoms with Crippen molar-refractivity contribution in [1.82, 2.24) is 5.48 Å². The molecule has 0 aromatic heterocycles. The average molecular weight is 159 g/mol. The molecule has 12 heavy (non-hydrogen) atoms. The number of hydrogen-bond acceptors (Lipinski definition) is 2. The van der Waals surface area contributed by atoms with Gasteiger partial charge in [0.05, 0.1) is 0 Å². The van der Waals surface area contributed by atoms with Crippen molar-refractivity contribution in [3.05, 3.63) is 54.4 Å². The average Bonchev–Trinajstić information content (AvgIpc) is 2.21. The van der Waals surface area contributed by atoms with Gasteiger partial charge < -0.3 is 4.84 Å². The van der Waals surface area contributed by atoms with Crippen molar-refractivity contribution in [2.45, 2.75) is 0 Å². The molecule has 1 heterocycles. The quantitative estimate of drug-likeness (QED) is 0.677. The minimum Gasteiger partial charge on any atom is -0.390 e. The number of rotatable bonds is 1. The van der Waals surface area contributed by atoms with E-state index in [4.69, 9.17) is 4.84 Å². The predicted molar refractivity (Wildman–Crippen MR) is 47.8 cm³/mol. The van der Waals surface area contributed by atoms with Gasteiger partial charge in [-0.05, 0) is 11.6 Å². The Morgan fingerprint density at radius 2 is 1.92 bits per heavy atom. The Labute approximate surface area is 71.1 Å². The maximum Gasteiger partial charge on any atom is 0.127 e. The summed E-state index contributed by atoms with van der Waals surface area (Å²) in [6.45, 7) is 0. The van der Waals surface area contributed by atoms with Crippen LogP contribution >= 0.6 is 0 Å². The molecular formula is C10H9NO. The molecule has 2 nitrogen and oxygen atoms in total. The minimum absolute atomic E-state index is 1.08. The lowest BCUT2D eigenvalue weighted by Crippen LogP contribution is -2.04. The molecular weight excluding hydrogens is 150 g/mol. The first-order chi connectivity index (χ1) is 5.97. The topological polar surface area (TPSA) is 21.3 Å². The van der Waals surface area contributed by atoms with Crippen LogP contribution in [0.5, 0.6) is 0 Å². The molecule has 60 valence electrons. The van der Waals surface area contributed by atoms with Crippen LogP contribution in [0.2, 0.25) is 0 Å². The predicted octanol–water partition coefficient (Wildman–Crippen LogP) is 2.08. The third-order valence-electron chi connectivity index (χ3n) is 1.69. The fourth-order valence-corrected chi connectivity index (χ4v) is 1.09. The molecule has 2 rings (SSSR count). The Balaban J connectivity index is 2.31. The highest BCUT2D eigenvalue weighted by atomic mass is 16.6. The highest BCUT2D eigenvalue weighted by molar-refractivity contribution is 5.73. The van der Waals surface area contributed by atoms with E-state index in [0.29, 0.717) is 0 Å². The summed E-state index contributed by atoms with van der Waals surface area (Å²) in [5, 5.41) is 0. The van der Waals surface area contributed by atoms with Crippen LogP contribution in [0.4, 0.5) is 0 Å². The molecule has 1 aliphatic heterocycles. The molecule has 0 bridgehead atoms. The van der Waals surface area contributed by atoms with Gasteiger partial charge in [0, 0.05) is 11.8 Å². The molecule has 0 saturated heterocycles. The Bertz CT molecular complexity index is 314. The Kier molecular flexibility index (Phi) is 1.82. The molecule has 0 fully saturated rings. The zero-order valence-electron chi connectivity index (χ0n) is 6.53. The first-order valence-electron chi connectivity index (χ1n) is 3.80. The van der Waals surface area contributed by atoms with Crippen molar-refractivity contribution in [2.24, 2.45) is 0 Å². The van der Waals surface area contributed by atoms with Crippen molar-refractivity contribution in [2.75, 3.05) is 0 Å². The number of allylic oxidation sites excluding steroid dienone is 2. The maximum atomic E-state index is 4.94. The van der Waals surface area contributed by atoms with Crippen LogP contribution in [-0.2, 0) is 4.84 Å². The van der Waals surface area contributed by atoms with Gasteiger partial charge in [-0.1, -0.05) is 30.3 Å². The van der Waals surface area contributed by atoms with Crippen LogP contribution < -0.4 is 5.48 Å². The smallest absolute Gasteiger partial charge is 0.127 e. The van der Waals surface area contributed by atoms with Gasteiger partial charge in [-0.3, -0.25) is 0 Å². The monoisotopic (exact) mass is 159 g/mol. The van der Waals surface area contributed by atoms with Crippen LogP contribution in [0.15, 0.2) is 48.9 Å². The Hall–Kier alpha value is -1.70. The van der Waals surface area contributed by atoms with Crippen molar-refractivity contribution in [1.29, 1.82) is 0 Å². The second kappa shape index (κ2) is 3.13. The molecule has 0 atom stereocenters. The lowest BCUT2D eigenvalue weighted by molar-refractivity contribution is 0.174. The summed E-state index contributed by atoms with van der Waals surface area (Å²) in [5.74, 6) is 0. The first-order valence-corrected chi connectivity index (χ1v) is 3.80. The largest absolute Gasteiger partial charge is 0.390 e.